The van der Waals surface area contributed by atoms with Crippen LogP contribution in [0.1, 0.15) is 58.8 Å². The molecular formula is C28H54N4O9S. The van der Waals surface area contributed by atoms with E-state index in [4.69, 9.17) is 24.7 Å². The van der Waals surface area contributed by atoms with Crippen LogP contribution in [0.2, 0.25) is 0 Å². The van der Waals surface area contributed by atoms with E-state index in [1.54, 1.807) is 0 Å². The average molecular weight is 623 g/mol. The highest BCUT2D eigenvalue weighted by Crippen LogP contribution is 2.09. The lowest BCUT2D eigenvalue weighted by Gasteiger charge is -2.14. The summed E-state index contributed by atoms with van der Waals surface area (Å²) in [6.07, 6.45) is 5.65. The van der Waals surface area contributed by atoms with Crippen molar-refractivity contribution in [1.82, 2.24) is 16.0 Å². The Hall–Kier alpha value is -1.97. The van der Waals surface area contributed by atoms with E-state index < -0.39 is 17.9 Å². The quantitative estimate of drug-likeness (QED) is 0.0717. The van der Waals surface area contributed by atoms with E-state index in [0.717, 1.165) is 24.6 Å². The van der Waals surface area contributed by atoms with Crippen molar-refractivity contribution in [3.63, 3.8) is 0 Å². The van der Waals surface area contributed by atoms with Crippen LogP contribution in [0.15, 0.2) is 0 Å². The van der Waals surface area contributed by atoms with Gasteiger partial charge in [-0.2, -0.15) is 0 Å². The number of nitrogens with two attached hydrogens (primary N) is 1. The summed E-state index contributed by atoms with van der Waals surface area (Å²) in [5.74, 6) is -0.846. The number of thioether (sulfide) groups is 1. The van der Waals surface area contributed by atoms with Gasteiger partial charge in [0.05, 0.1) is 58.6 Å². The minimum atomic E-state index is -1.16. The van der Waals surface area contributed by atoms with E-state index >= 15 is 0 Å². The van der Waals surface area contributed by atoms with Gasteiger partial charge in [-0.05, 0) is 25.3 Å². The van der Waals surface area contributed by atoms with Gasteiger partial charge < -0.3 is 45.7 Å². The molecule has 0 spiro atoms. The number of carbonyl (C=O) groups excluding carboxylic acids is 3. The highest BCUT2D eigenvalue weighted by Gasteiger charge is 2.20. The minimum Gasteiger partial charge on any atom is -0.480 e. The molecule has 0 bridgehead atoms. The van der Waals surface area contributed by atoms with Crippen molar-refractivity contribution in [2.75, 3.05) is 84.0 Å². The minimum absolute atomic E-state index is 0.0131. The summed E-state index contributed by atoms with van der Waals surface area (Å²) in [6.45, 7) is 8.72. The van der Waals surface area contributed by atoms with Gasteiger partial charge in [-0.1, -0.05) is 33.1 Å². The molecule has 0 aromatic heterocycles. The topological polar surface area (TPSA) is 188 Å². The summed E-state index contributed by atoms with van der Waals surface area (Å²) in [6, 6.07) is -1.09. The van der Waals surface area contributed by atoms with Crippen molar-refractivity contribution >= 4 is 35.5 Å². The molecule has 0 aliphatic carbocycles. The van der Waals surface area contributed by atoms with Gasteiger partial charge in [0.25, 0.3) is 0 Å². The van der Waals surface area contributed by atoms with Crippen LogP contribution in [-0.2, 0) is 38.1 Å². The molecule has 0 radical (unpaired) electrons. The van der Waals surface area contributed by atoms with Gasteiger partial charge in [0, 0.05) is 31.7 Å². The third kappa shape index (κ3) is 28.2. The smallest absolute Gasteiger partial charge is 0.327 e. The Bertz CT molecular complexity index is 717. The highest BCUT2D eigenvalue weighted by molar-refractivity contribution is 8.00. The largest absolute Gasteiger partial charge is 0.480 e. The number of carboxylic acids is 1. The first-order valence-corrected chi connectivity index (χ1v) is 16.1. The summed E-state index contributed by atoms with van der Waals surface area (Å²) >= 11 is 1.13. The highest BCUT2D eigenvalue weighted by atomic mass is 32.2. The number of carboxylic acid groups (broad SMARTS) is 1. The van der Waals surface area contributed by atoms with E-state index in [1.807, 2.05) is 0 Å². The second-order valence-corrected chi connectivity index (χ2v) is 11.0. The molecule has 246 valence electrons. The van der Waals surface area contributed by atoms with Crippen LogP contribution >= 0.6 is 11.8 Å². The van der Waals surface area contributed by atoms with Crippen molar-refractivity contribution in [1.29, 1.82) is 0 Å². The molecule has 0 fully saturated rings. The number of unbranched alkanes of at least 4 members (excludes halogenated alkanes) is 2. The normalized spacial score (nSPS) is 11.8. The van der Waals surface area contributed by atoms with Crippen LogP contribution < -0.4 is 21.7 Å². The lowest BCUT2D eigenvalue weighted by atomic mass is 10.0. The van der Waals surface area contributed by atoms with Gasteiger partial charge in [-0.3, -0.25) is 14.4 Å². The van der Waals surface area contributed by atoms with Crippen LogP contribution in [0.5, 0.6) is 0 Å². The van der Waals surface area contributed by atoms with Gasteiger partial charge >= 0.3 is 5.97 Å². The van der Waals surface area contributed by atoms with E-state index in [0.29, 0.717) is 78.0 Å². The molecule has 1 atom stereocenters. The maximum Gasteiger partial charge on any atom is 0.327 e. The Morgan fingerprint density at radius 3 is 1.90 bits per heavy atom. The Balaban J connectivity index is 3.54. The lowest BCUT2D eigenvalue weighted by molar-refractivity contribution is -0.141. The summed E-state index contributed by atoms with van der Waals surface area (Å²) in [5.41, 5.74) is 5.36. The number of ether oxygens (including phenoxy) is 4. The number of aliphatic carboxylic acids is 1. The van der Waals surface area contributed by atoms with E-state index in [9.17, 15) is 24.3 Å². The average Bonchev–Trinajstić information content (AvgIpc) is 2.94. The molecule has 6 N–H and O–H groups in total. The zero-order chi connectivity index (χ0) is 31.3. The second-order valence-electron chi connectivity index (χ2n) is 10.0. The summed E-state index contributed by atoms with van der Waals surface area (Å²) in [4.78, 5) is 46.8. The van der Waals surface area contributed by atoms with Gasteiger partial charge in [0.1, 0.15) is 6.04 Å². The van der Waals surface area contributed by atoms with E-state index in [2.05, 4.69) is 29.8 Å². The first-order chi connectivity index (χ1) is 20.3. The predicted molar refractivity (Wildman–Crippen MR) is 162 cm³/mol. The first kappa shape index (κ1) is 40.0. The molecule has 0 saturated heterocycles. The standard InChI is InChI=1S/C28H54N4O9S/c1-23(2)7-4-3-5-8-25(33)31-12-14-39-16-18-41-20-19-40-17-15-38-13-9-26(34)32-24(28(36)37)21-42-22-27(35)30-11-6-10-29/h23-24H,3-22,29H2,1-2H3,(H,30,35)(H,31,33)(H,32,34)(H,36,37)/t24-/m0/s1. The molecule has 0 aliphatic heterocycles. The second kappa shape index (κ2) is 29.1. The number of hydrogen-bond acceptors (Lipinski definition) is 10. The summed E-state index contributed by atoms with van der Waals surface area (Å²) < 4.78 is 21.6. The number of nitrogens with one attached hydrogen (secondary N) is 3. The molecule has 0 saturated carbocycles. The molecule has 0 unspecified atom stereocenters. The fourth-order valence-electron chi connectivity index (χ4n) is 3.38. The summed E-state index contributed by atoms with van der Waals surface area (Å²) in [7, 11) is 0. The number of amides is 3. The van der Waals surface area contributed by atoms with Crippen LogP contribution in [0.4, 0.5) is 0 Å². The van der Waals surface area contributed by atoms with Gasteiger partial charge in [-0.15, -0.1) is 11.8 Å². The Labute approximate surface area is 255 Å². The fraction of sp³-hybridized carbons (Fsp3) is 0.857. The third-order valence-corrected chi connectivity index (χ3v) is 6.73. The zero-order valence-corrected chi connectivity index (χ0v) is 26.3. The van der Waals surface area contributed by atoms with Gasteiger partial charge in [0.2, 0.25) is 17.7 Å². The number of carbonyl (C=O) groups is 4. The lowest BCUT2D eigenvalue weighted by Crippen LogP contribution is -2.43. The molecule has 42 heavy (non-hydrogen) atoms. The van der Waals surface area contributed by atoms with E-state index in [1.165, 1.54) is 12.8 Å². The van der Waals surface area contributed by atoms with Crippen LogP contribution in [0.3, 0.4) is 0 Å². The third-order valence-electron chi connectivity index (χ3n) is 5.70. The maximum absolute atomic E-state index is 12.0. The monoisotopic (exact) mass is 622 g/mol. The van der Waals surface area contributed by atoms with Crippen molar-refractivity contribution in [2.45, 2.75) is 64.8 Å². The molecule has 14 heteroatoms. The molecule has 0 aromatic carbocycles. The number of rotatable bonds is 30. The molecule has 0 aliphatic rings. The molecular weight excluding hydrogens is 568 g/mol. The molecule has 0 heterocycles. The van der Waals surface area contributed by atoms with Crippen molar-refractivity contribution in [3.05, 3.63) is 0 Å². The van der Waals surface area contributed by atoms with Crippen LogP contribution in [-0.4, -0.2) is 119 Å². The Morgan fingerprint density at radius 1 is 0.714 bits per heavy atom. The van der Waals surface area contributed by atoms with Gasteiger partial charge in [0.15, 0.2) is 0 Å². The summed E-state index contributed by atoms with van der Waals surface area (Å²) in [5, 5.41) is 17.3. The Kier molecular flexibility index (Phi) is 27.8. The van der Waals surface area contributed by atoms with Crippen LogP contribution in [0, 0.1) is 5.92 Å². The van der Waals surface area contributed by atoms with Crippen LogP contribution in [0.25, 0.3) is 0 Å². The van der Waals surface area contributed by atoms with E-state index in [-0.39, 0.29) is 43.0 Å². The first-order valence-electron chi connectivity index (χ1n) is 14.9. The molecule has 13 nitrogen and oxygen atoms in total. The van der Waals surface area contributed by atoms with Crippen molar-refractivity contribution < 1.29 is 43.2 Å². The number of hydrogen-bond donors (Lipinski definition) is 5. The van der Waals surface area contributed by atoms with Gasteiger partial charge in [-0.25, -0.2) is 4.79 Å². The van der Waals surface area contributed by atoms with Crippen molar-refractivity contribution in [3.8, 4) is 0 Å². The maximum atomic E-state index is 12.0. The predicted octanol–water partition coefficient (Wildman–Crippen LogP) is 0.933. The zero-order valence-electron chi connectivity index (χ0n) is 25.5. The molecule has 0 aromatic rings. The SMILES string of the molecule is CC(C)CCCCCC(=O)NCCOCCOCCOCCOCCC(=O)N[C@@H](CSCC(=O)NCCCN)C(=O)O. The molecule has 3 amide bonds. The van der Waals surface area contributed by atoms with Crippen molar-refractivity contribution in [2.24, 2.45) is 11.7 Å². The fourth-order valence-corrected chi connectivity index (χ4v) is 4.25. The Morgan fingerprint density at radius 2 is 1.31 bits per heavy atom. The molecule has 0 rings (SSSR count).